The van der Waals surface area contributed by atoms with Crippen molar-refractivity contribution in [2.75, 3.05) is 12.4 Å². The Morgan fingerprint density at radius 1 is 1.58 bits per heavy atom. The number of nitrogens with one attached hydrogen (secondary N) is 2. The van der Waals surface area contributed by atoms with E-state index in [2.05, 4.69) is 25.9 Å². The zero-order valence-electron chi connectivity index (χ0n) is 9.88. The first-order valence-electron chi connectivity index (χ1n) is 5.19. The average molecular weight is 277 g/mol. The highest BCUT2D eigenvalue weighted by atomic mass is 35.5. The molecule has 0 bridgehead atoms. The van der Waals surface area contributed by atoms with E-state index in [1.807, 2.05) is 6.07 Å². The predicted octanol–water partition coefficient (Wildman–Crippen LogP) is 1.84. The highest BCUT2D eigenvalue weighted by Crippen LogP contribution is 2.32. The number of methoxy groups -OCH3 is 1. The third-order valence-corrected chi connectivity index (χ3v) is 2.55. The summed E-state index contributed by atoms with van der Waals surface area (Å²) in [5.41, 5.74) is 0.863. The molecule has 2 aromatic rings. The predicted molar refractivity (Wildman–Crippen MR) is 69.4 cm³/mol. The van der Waals surface area contributed by atoms with Gasteiger partial charge in [0.15, 0.2) is 5.75 Å². The third-order valence-electron chi connectivity index (χ3n) is 2.25. The Bertz CT molecular complexity index is 631. The SMILES string of the molecule is COc1c(Cl)cccc1NC=C(C#N)c1nn[nH]n1. The van der Waals surface area contributed by atoms with Gasteiger partial charge in [0.1, 0.15) is 11.6 Å². The number of anilines is 1. The number of H-pyrrole nitrogens is 1. The van der Waals surface area contributed by atoms with Crippen LogP contribution in [0.3, 0.4) is 0 Å². The van der Waals surface area contributed by atoms with Crippen molar-refractivity contribution in [1.29, 1.82) is 5.26 Å². The molecule has 0 atom stereocenters. The van der Waals surface area contributed by atoms with Gasteiger partial charge in [-0.3, -0.25) is 0 Å². The van der Waals surface area contributed by atoms with Gasteiger partial charge in [-0.1, -0.05) is 17.7 Å². The average Bonchev–Trinajstić information content (AvgIpc) is 2.94. The molecule has 1 heterocycles. The van der Waals surface area contributed by atoms with E-state index in [9.17, 15) is 0 Å². The van der Waals surface area contributed by atoms with Crippen LogP contribution in [-0.2, 0) is 0 Å². The summed E-state index contributed by atoms with van der Waals surface area (Å²) >= 11 is 5.99. The molecule has 0 radical (unpaired) electrons. The third kappa shape index (κ3) is 2.81. The van der Waals surface area contributed by atoms with Crippen molar-refractivity contribution in [1.82, 2.24) is 20.6 Å². The van der Waals surface area contributed by atoms with Gasteiger partial charge in [0.25, 0.3) is 0 Å². The van der Waals surface area contributed by atoms with Gasteiger partial charge in [-0.25, -0.2) is 0 Å². The minimum absolute atomic E-state index is 0.205. The molecule has 0 aliphatic carbocycles. The number of hydrogen-bond acceptors (Lipinski definition) is 6. The lowest BCUT2D eigenvalue weighted by Gasteiger charge is -2.09. The van der Waals surface area contributed by atoms with Crippen LogP contribution in [0.4, 0.5) is 5.69 Å². The van der Waals surface area contributed by atoms with E-state index < -0.39 is 0 Å². The first kappa shape index (κ1) is 12.9. The second-order valence-corrected chi connectivity index (χ2v) is 3.78. The summed E-state index contributed by atoms with van der Waals surface area (Å²) in [5.74, 6) is 0.696. The molecule has 96 valence electrons. The molecule has 19 heavy (non-hydrogen) atoms. The molecule has 0 fully saturated rings. The zero-order valence-corrected chi connectivity index (χ0v) is 10.6. The monoisotopic (exact) mass is 276 g/mol. The second-order valence-electron chi connectivity index (χ2n) is 3.37. The molecule has 0 saturated heterocycles. The van der Waals surface area contributed by atoms with Gasteiger partial charge in [-0.05, 0) is 17.3 Å². The van der Waals surface area contributed by atoms with Gasteiger partial charge in [-0.2, -0.15) is 10.5 Å². The first-order valence-corrected chi connectivity index (χ1v) is 5.57. The molecule has 0 unspecified atom stereocenters. The van der Waals surface area contributed by atoms with Gasteiger partial charge in [0, 0.05) is 6.20 Å². The smallest absolute Gasteiger partial charge is 0.216 e. The molecule has 1 aromatic heterocycles. The maximum atomic E-state index is 9.02. The number of hydrogen-bond donors (Lipinski definition) is 2. The largest absolute Gasteiger partial charge is 0.493 e. The van der Waals surface area contributed by atoms with Gasteiger partial charge < -0.3 is 10.1 Å². The molecule has 1 aromatic carbocycles. The Morgan fingerprint density at radius 3 is 3.05 bits per heavy atom. The summed E-state index contributed by atoms with van der Waals surface area (Å²) in [6, 6.07) is 7.21. The number of para-hydroxylation sites is 1. The Hall–Kier alpha value is -2.59. The van der Waals surface area contributed by atoms with Crippen LogP contribution >= 0.6 is 11.6 Å². The Morgan fingerprint density at radius 2 is 2.42 bits per heavy atom. The fourth-order valence-corrected chi connectivity index (χ4v) is 1.65. The van der Waals surface area contributed by atoms with Gasteiger partial charge in [-0.15, -0.1) is 10.2 Å². The number of nitriles is 1. The highest BCUT2D eigenvalue weighted by Gasteiger charge is 2.08. The van der Waals surface area contributed by atoms with Crippen LogP contribution in [-0.4, -0.2) is 27.7 Å². The minimum Gasteiger partial charge on any atom is -0.493 e. The van der Waals surface area contributed by atoms with Gasteiger partial charge in [0.2, 0.25) is 5.82 Å². The van der Waals surface area contributed by atoms with Crippen LogP contribution < -0.4 is 10.1 Å². The van der Waals surface area contributed by atoms with Crippen molar-refractivity contribution in [3.05, 3.63) is 35.2 Å². The standard InChI is InChI=1S/C11H9ClN6O/c1-19-10-8(12)3-2-4-9(10)14-6-7(5-13)11-15-17-18-16-11/h2-4,6,14H,1H3,(H,15,16,17,18). The van der Waals surface area contributed by atoms with Crippen LogP contribution in [0.5, 0.6) is 5.75 Å². The van der Waals surface area contributed by atoms with Crippen molar-refractivity contribution in [2.45, 2.75) is 0 Å². The number of halogens is 1. The zero-order chi connectivity index (χ0) is 13.7. The number of nitrogens with zero attached hydrogens (tertiary/aromatic N) is 4. The number of benzene rings is 1. The molecular weight excluding hydrogens is 268 g/mol. The molecule has 0 amide bonds. The van der Waals surface area contributed by atoms with E-state index in [4.69, 9.17) is 21.6 Å². The lowest BCUT2D eigenvalue weighted by atomic mass is 10.2. The van der Waals surface area contributed by atoms with Crippen molar-refractivity contribution in [3.63, 3.8) is 0 Å². The molecule has 2 rings (SSSR count). The summed E-state index contributed by atoms with van der Waals surface area (Å²) in [7, 11) is 1.51. The fourth-order valence-electron chi connectivity index (χ4n) is 1.40. The number of tetrazole rings is 1. The number of allylic oxidation sites excluding steroid dienone is 1. The summed E-state index contributed by atoms with van der Waals surface area (Å²) in [6.07, 6.45) is 1.46. The summed E-state index contributed by atoms with van der Waals surface area (Å²) in [6.45, 7) is 0. The molecular formula is C11H9ClN6O. The number of aromatic nitrogens is 4. The normalized spacial score (nSPS) is 10.9. The molecule has 0 aliphatic heterocycles. The maximum absolute atomic E-state index is 9.02. The summed E-state index contributed by atoms with van der Waals surface area (Å²) in [5, 5.41) is 25.5. The fraction of sp³-hybridized carbons (Fsp3) is 0.0909. The first-order chi connectivity index (χ1) is 9.26. The van der Waals surface area contributed by atoms with E-state index in [1.54, 1.807) is 18.2 Å². The van der Waals surface area contributed by atoms with E-state index in [0.717, 1.165) is 0 Å². The number of aromatic amines is 1. The Balaban J connectivity index is 2.27. The molecule has 7 nitrogen and oxygen atoms in total. The number of rotatable bonds is 4. The van der Waals surface area contributed by atoms with Crippen LogP contribution in [0.25, 0.3) is 5.57 Å². The van der Waals surface area contributed by atoms with Crippen molar-refractivity contribution in [2.24, 2.45) is 0 Å². The van der Waals surface area contributed by atoms with E-state index >= 15 is 0 Å². The van der Waals surface area contributed by atoms with E-state index in [0.29, 0.717) is 16.5 Å². The van der Waals surface area contributed by atoms with Crippen LogP contribution in [0.2, 0.25) is 5.02 Å². The lowest BCUT2D eigenvalue weighted by Crippen LogP contribution is -1.96. The summed E-state index contributed by atoms with van der Waals surface area (Å²) < 4.78 is 5.18. The van der Waals surface area contributed by atoms with Crippen molar-refractivity contribution < 1.29 is 4.74 Å². The Kier molecular flexibility index (Phi) is 3.95. The molecule has 2 N–H and O–H groups in total. The van der Waals surface area contributed by atoms with E-state index in [1.165, 1.54) is 13.3 Å². The number of ether oxygens (including phenoxy) is 1. The van der Waals surface area contributed by atoms with Gasteiger partial charge >= 0.3 is 0 Å². The topological polar surface area (TPSA) is 99.5 Å². The maximum Gasteiger partial charge on any atom is 0.216 e. The Labute approximate surface area is 113 Å². The van der Waals surface area contributed by atoms with Crippen LogP contribution in [0, 0.1) is 11.3 Å². The van der Waals surface area contributed by atoms with Crippen LogP contribution in [0.1, 0.15) is 5.82 Å². The molecule has 0 spiro atoms. The minimum atomic E-state index is 0.205. The molecule has 8 heteroatoms. The molecule has 0 saturated carbocycles. The van der Waals surface area contributed by atoms with Gasteiger partial charge in [0.05, 0.1) is 17.8 Å². The van der Waals surface area contributed by atoms with Crippen molar-refractivity contribution in [3.8, 4) is 11.8 Å². The second kappa shape index (κ2) is 5.84. The van der Waals surface area contributed by atoms with E-state index in [-0.39, 0.29) is 11.4 Å². The quantitative estimate of drug-likeness (QED) is 0.827. The lowest BCUT2D eigenvalue weighted by molar-refractivity contribution is 0.417. The van der Waals surface area contributed by atoms with Crippen molar-refractivity contribution >= 4 is 22.9 Å². The highest BCUT2D eigenvalue weighted by molar-refractivity contribution is 6.32. The van der Waals surface area contributed by atoms with Crippen LogP contribution in [0.15, 0.2) is 24.4 Å². The molecule has 0 aliphatic rings. The summed E-state index contributed by atoms with van der Waals surface area (Å²) in [4.78, 5) is 0.